The monoisotopic (exact) mass is 323 g/mol. The number of hydrogen-bond donors (Lipinski definition) is 3. The topological polar surface area (TPSA) is 69.6 Å². The highest BCUT2D eigenvalue weighted by Crippen LogP contribution is 2.24. The van der Waals surface area contributed by atoms with Crippen LogP contribution in [-0.2, 0) is 17.6 Å². The lowest BCUT2D eigenvalue weighted by molar-refractivity contribution is -0.120. The highest BCUT2D eigenvalue weighted by Gasteiger charge is 2.11. The Hall–Kier alpha value is -2.27. The van der Waals surface area contributed by atoms with Crippen molar-refractivity contribution >= 4 is 17.5 Å². The molecule has 2 aromatic rings. The molecule has 0 bridgehead atoms. The van der Waals surface area contributed by atoms with Crippen LogP contribution in [0.5, 0.6) is 11.5 Å². The van der Waals surface area contributed by atoms with E-state index in [9.17, 15) is 19.4 Å². The summed E-state index contributed by atoms with van der Waals surface area (Å²) >= 11 is 5.86. The van der Waals surface area contributed by atoms with E-state index in [0.717, 1.165) is 5.56 Å². The van der Waals surface area contributed by atoms with Gasteiger partial charge in [-0.05, 0) is 36.2 Å². The average Bonchev–Trinajstić information content (AvgIpc) is 2.47. The van der Waals surface area contributed by atoms with E-state index < -0.39 is 5.82 Å². The van der Waals surface area contributed by atoms with E-state index in [1.807, 2.05) is 0 Å². The second kappa shape index (κ2) is 7.13. The van der Waals surface area contributed by atoms with Crippen LogP contribution in [0.2, 0.25) is 5.02 Å². The van der Waals surface area contributed by atoms with Gasteiger partial charge in [0.1, 0.15) is 5.82 Å². The third kappa shape index (κ3) is 4.11. The first-order valence-electron chi connectivity index (χ1n) is 6.68. The van der Waals surface area contributed by atoms with Crippen LogP contribution in [0.15, 0.2) is 36.4 Å². The fraction of sp³-hybridized carbons (Fsp3) is 0.188. The van der Waals surface area contributed by atoms with Gasteiger partial charge in [-0.15, -0.1) is 0 Å². The number of benzene rings is 2. The molecular formula is C16H15ClFNO3. The number of phenols is 2. The number of nitrogens with one attached hydrogen (secondary N) is 1. The lowest BCUT2D eigenvalue weighted by Crippen LogP contribution is -2.27. The summed E-state index contributed by atoms with van der Waals surface area (Å²) in [7, 11) is 0. The normalized spacial score (nSPS) is 10.5. The van der Waals surface area contributed by atoms with Gasteiger partial charge in [-0.2, -0.15) is 0 Å². The van der Waals surface area contributed by atoms with E-state index in [1.54, 1.807) is 6.07 Å². The van der Waals surface area contributed by atoms with Crippen molar-refractivity contribution < 1.29 is 19.4 Å². The summed E-state index contributed by atoms with van der Waals surface area (Å²) in [5.74, 6) is -1.25. The second-order valence-corrected chi connectivity index (χ2v) is 5.21. The van der Waals surface area contributed by atoms with Gasteiger partial charge in [0, 0.05) is 17.1 Å². The molecule has 0 spiro atoms. The maximum atomic E-state index is 13.6. The number of phenolic OH excluding ortho intramolecular Hbond substituents is 2. The van der Waals surface area contributed by atoms with Crippen molar-refractivity contribution in [1.82, 2.24) is 5.32 Å². The molecule has 1 amide bonds. The quantitative estimate of drug-likeness (QED) is 0.741. The van der Waals surface area contributed by atoms with E-state index in [-0.39, 0.29) is 34.4 Å². The Labute approximate surface area is 132 Å². The molecule has 0 aliphatic carbocycles. The van der Waals surface area contributed by atoms with E-state index in [1.165, 1.54) is 30.3 Å². The summed E-state index contributed by atoms with van der Waals surface area (Å²) in [6.07, 6.45) is 0.344. The predicted octanol–water partition coefficient (Wildman–Crippen LogP) is 2.79. The number of rotatable bonds is 5. The molecule has 22 heavy (non-hydrogen) atoms. The third-order valence-electron chi connectivity index (χ3n) is 3.17. The molecule has 0 aliphatic rings. The molecule has 0 saturated heterocycles. The molecule has 0 aromatic heterocycles. The van der Waals surface area contributed by atoms with Crippen molar-refractivity contribution in [3.63, 3.8) is 0 Å². The van der Waals surface area contributed by atoms with Crippen LogP contribution < -0.4 is 5.32 Å². The lowest BCUT2D eigenvalue weighted by atomic mass is 10.1. The summed E-state index contributed by atoms with van der Waals surface area (Å²) in [5.41, 5.74) is 0.934. The number of carbonyl (C=O) groups is 1. The smallest absolute Gasteiger partial charge is 0.224 e. The molecular weight excluding hydrogens is 309 g/mol. The van der Waals surface area contributed by atoms with Crippen molar-refractivity contribution in [1.29, 1.82) is 0 Å². The van der Waals surface area contributed by atoms with Crippen molar-refractivity contribution in [2.75, 3.05) is 6.54 Å². The summed E-state index contributed by atoms with van der Waals surface area (Å²) in [4.78, 5) is 11.8. The van der Waals surface area contributed by atoms with E-state index in [0.29, 0.717) is 13.0 Å². The molecule has 0 radical (unpaired) electrons. The Balaban J connectivity index is 1.86. The Morgan fingerprint density at radius 2 is 1.95 bits per heavy atom. The Bertz CT molecular complexity index is 671. The average molecular weight is 324 g/mol. The van der Waals surface area contributed by atoms with Gasteiger partial charge in [0.25, 0.3) is 0 Å². The molecule has 0 atom stereocenters. The lowest BCUT2D eigenvalue weighted by Gasteiger charge is -2.08. The van der Waals surface area contributed by atoms with Crippen molar-refractivity contribution in [2.24, 2.45) is 0 Å². The van der Waals surface area contributed by atoms with Crippen LogP contribution >= 0.6 is 11.6 Å². The Morgan fingerprint density at radius 1 is 1.18 bits per heavy atom. The zero-order valence-electron chi connectivity index (χ0n) is 11.6. The van der Waals surface area contributed by atoms with E-state index in [4.69, 9.17) is 11.6 Å². The first-order chi connectivity index (χ1) is 10.5. The Kier molecular flexibility index (Phi) is 5.22. The molecule has 6 heteroatoms. The van der Waals surface area contributed by atoms with Crippen LogP contribution in [0.3, 0.4) is 0 Å². The maximum Gasteiger partial charge on any atom is 0.224 e. The number of hydrogen-bond acceptors (Lipinski definition) is 3. The first-order valence-corrected chi connectivity index (χ1v) is 7.05. The first kappa shape index (κ1) is 16.1. The number of carbonyl (C=O) groups excluding carboxylic acids is 1. The zero-order chi connectivity index (χ0) is 16.1. The van der Waals surface area contributed by atoms with Crippen molar-refractivity contribution in [3.05, 3.63) is 58.4 Å². The fourth-order valence-corrected chi connectivity index (χ4v) is 2.22. The van der Waals surface area contributed by atoms with Gasteiger partial charge in [-0.3, -0.25) is 4.79 Å². The molecule has 2 rings (SSSR count). The van der Waals surface area contributed by atoms with Crippen molar-refractivity contribution in [3.8, 4) is 11.5 Å². The molecule has 4 nitrogen and oxygen atoms in total. The molecule has 0 aliphatic heterocycles. The zero-order valence-corrected chi connectivity index (χ0v) is 12.4. The molecule has 0 unspecified atom stereocenters. The second-order valence-electron chi connectivity index (χ2n) is 4.80. The molecule has 116 valence electrons. The van der Waals surface area contributed by atoms with Gasteiger partial charge in [-0.25, -0.2) is 4.39 Å². The minimum Gasteiger partial charge on any atom is -0.504 e. The minimum absolute atomic E-state index is 0.133. The Morgan fingerprint density at radius 3 is 2.64 bits per heavy atom. The summed E-state index contributed by atoms with van der Waals surface area (Å²) in [6.45, 7) is 0.328. The van der Waals surface area contributed by atoms with E-state index >= 15 is 0 Å². The highest BCUT2D eigenvalue weighted by atomic mass is 35.5. The third-order valence-corrected chi connectivity index (χ3v) is 3.53. The highest BCUT2D eigenvalue weighted by molar-refractivity contribution is 6.31. The largest absolute Gasteiger partial charge is 0.504 e. The number of amides is 1. The van der Waals surface area contributed by atoms with Gasteiger partial charge in [0.05, 0.1) is 6.42 Å². The molecule has 2 aromatic carbocycles. The molecule has 3 N–H and O–H groups in total. The maximum absolute atomic E-state index is 13.6. The fourth-order valence-electron chi connectivity index (χ4n) is 2.00. The van der Waals surface area contributed by atoms with Crippen LogP contribution in [0.4, 0.5) is 4.39 Å². The van der Waals surface area contributed by atoms with Gasteiger partial charge >= 0.3 is 0 Å². The van der Waals surface area contributed by atoms with E-state index in [2.05, 4.69) is 5.32 Å². The van der Waals surface area contributed by atoms with Crippen LogP contribution in [-0.4, -0.2) is 22.7 Å². The van der Waals surface area contributed by atoms with Crippen LogP contribution in [0.1, 0.15) is 11.1 Å². The summed E-state index contributed by atoms with van der Waals surface area (Å²) in [6, 6.07) is 8.73. The molecule has 0 saturated carbocycles. The number of aromatic hydroxyl groups is 2. The van der Waals surface area contributed by atoms with Gasteiger partial charge < -0.3 is 15.5 Å². The van der Waals surface area contributed by atoms with Gasteiger partial charge in [0.2, 0.25) is 5.91 Å². The van der Waals surface area contributed by atoms with Gasteiger partial charge in [-0.1, -0.05) is 23.7 Å². The summed E-state index contributed by atoms with van der Waals surface area (Å²) < 4.78 is 13.6. The summed E-state index contributed by atoms with van der Waals surface area (Å²) in [5, 5.41) is 21.5. The standard InChI is InChI=1S/C16H15ClFNO3/c17-12-2-1-3-13(18)11(12)9-16(22)19-7-6-10-4-5-14(20)15(21)8-10/h1-5,8,20-21H,6-7,9H2,(H,19,22). The molecule has 0 fully saturated rings. The minimum atomic E-state index is -0.508. The van der Waals surface area contributed by atoms with Crippen LogP contribution in [0.25, 0.3) is 0 Å². The number of halogens is 2. The van der Waals surface area contributed by atoms with Gasteiger partial charge in [0.15, 0.2) is 11.5 Å². The SMILES string of the molecule is O=C(Cc1c(F)cccc1Cl)NCCc1ccc(O)c(O)c1. The molecule has 0 heterocycles. The predicted molar refractivity (Wildman–Crippen MR) is 81.6 cm³/mol. The van der Waals surface area contributed by atoms with Crippen molar-refractivity contribution in [2.45, 2.75) is 12.8 Å². The van der Waals surface area contributed by atoms with Crippen LogP contribution in [0, 0.1) is 5.82 Å².